The van der Waals surface area contributed by atoms with Crippen molar-refractivity contribution in [2.24, 2.45) is 0 Å². The van der Waals surface area contributed by atoms with Gasteiger partial charge in [0, 0.05) is 27.2 Å². The van der Waals surface area contributed by atoms with E-state index in [4.69, 9.17) is 0 Å². The number of anilines is 2. The molecule has 1 saturated heterocycles. The van der Waals surface area contributed by atoms with Crippen molar-refractivity contribution in [3.63, 3.8) is 0 Å². The van der Waals surface area contributed by atoms with Gasteiger partial charge in [0.1, 0.15) is 17.2 Å². The van der Waals surface area contributed by atoms with Gasteiger partial charge in [-0.05, 0) is 26.0 Å². The van der Waals surface area contributed by atoms with Gasteiger partial charge in [-0.25, -0.2) is 4.98 Å². The molecule has 1 N–H and O–H groups in total. The molecule has 1 aromatic heterocycles. The molecule has 0 spiro atoms. The third kappa shape index (κ3) is 2.00. The lowest BCUT2D eigenvalue weighted by Gasteiger charge is -2.45. The summed E-state index contributed by atoms with van der Waals surface area (Å²) in [6.45, 7) is 5.42. The average Bonchev–Trinajstić information content (AvgIpc) is 2.36. The lowest BCUT2D eigenvalue weighted by Crippen LogP contribution is -2.62. The molecule has 18 heavy (non-hydrogen) atoms. The molecule has 0 bridgehead atoms. The van der Waals surface area contributed by atoms with Crippen molar-refractivity contribution in [3.8, 4) is 0 Å². The maximum Gasteiger partial charge on any atom is 0.247 e. The first kappa shape index (κ1) is 12.7. The second kappa shape index (κ2) is 4.48. The Bertz CT molecular complexity index is 458. The second-order valence-corrected chi connectivity index (χ2v) is 5.07. The Hall–Kier alpha value is -1.78. The van der Waals surface area contributed by atoms with E-state index >= 15 is 0 Å². The van der Waals surface area contributed by atoms with E-state index in [-0.39, 0.29) is 5.91 Å². The van der Waals surface area contributed by atoms with Crippen LogP contribution in [0.15, 0.2) is 18.2 Å². The van der Waals surface area contributed by atoms with Gasteiger partial charge in [-0.1, -0.05) is 6.07 Å². The second-order valence-electron chi connectivity index (χ2n) is 5.07. The molecular formula is C13H20N4O. The highest BCUT2D eigenvalue weighted by Crippen LogP contribution is 2.27. The molecule has 1 aromatic rings. The van der Waals surface area contributed by atoms with Crippen molar-refractivity contribution >= 4 is 17.5 Å². The molecule has 0 aromatic carbocycles. The highest BCUT2D eigenvalue weighted by molar-refractivity contribution is 5.90. The lowest BCUT2D eigenvalue weighted by atomic mass is 9.98. The Balaban J connectivity index is 2.34. The zero-order valence-electron chi connectivity index (χ0n) is 11.4. The van der Waals surface area contributed by atoms with E-state index < -0.39 is 5.54 Å². The van der Waals surface area contributed by atoms with Gasteiger partial charge in [0.05, 0.1) is 0 Å². The fraction of sp³-hybridized carbons (Fsp3) is 0.538. The summed E-state index contributed by atoms with van der Waals surface area (Å²) in [5.74, 6) is 1.79. The van der Waals surface area contributed by atoms with Crippen LogP contribution in [0.4, 0.5) is 11.6 Å². The van der Waals surface area contributed by atoms with Gasteiger partial charge < -0.3 is 15.1 Å². The van der Waals surface area contributed by atoms with Crippen LogP contribution < -0.4 is 10.2 Å². The molecule has 1 amide bonds. The predicted octanol–water partition coefficient (Wildman–Crippen LogP) is 1.18. The van der Waals surface area contributed by atoms with Gasteiger partial charge in [0.15, 0.2) is 0 Å². The standard InChI is InChI=1S/C13H20N4O/c1-13(2)12(18)16(4)8-9-17(13)11-7-5-6-10(14-3)15-11/h5-7H,8-9H2,1-4H3,(H,14,15). The van der Waals surface area contributed by atoms with Gasteiger partial charge in [-0.3, -0.25) is 4.79 Å². The first-order chi connectivity index (χ1) is 8.46. The van der Waals surface area contributed by atoms with Crippen LogP contribution in [0.5, 0.6) is 0 Å². The van der Waals surface area contributed by atoms with Crippen molar-refractivity contribution in [1.82, 2.24) is 9.88 Å². The van der Waals surface area contributed by atoms with Crippen LogP contribution in [0.2, 0.25) is 0 Å². The molecule has 0 atom stereocenters. The number of hydrogen-bond donors (Lipinski definition) is 1. The van der Waals surface area contributed by atoms with Gasteiger partial charge in [0.25, 0.3) is 0 Å². The summed E-state index contributed by atoms with van der Waals surface area (Å²) in [7, 11) is 3.69. The van der Waals surface area contributed by atoms with Gasteiger partial charge >= 0.3 is 0 Å². The number of aromatic nitrogens is 1. The van der Waals surface area contributed by atoms with Crippen molar-refractivity contribution < 1.29 is 4.79 Å². The monoisotopic (exact) mass is 248 g/mol. The number of likely N-dealkylation sites (N-methyl/N-ethyl adjacent to an activating group) is 1. The molecular weight excluding hydrogens is 228 g/mol. The van der Waals surface area contributed by atoms with E-state index in [1.54, 1.807) is 4.90 Å². The number of amides is 1. The van der Waals surface area contributed by atoms with Crippen molar-refractivity contribution in [3.05, 3.63) is 18.2 Å². The molecule has 5 nitrogen and oxygen atoms in total. The Kier molecular flexibility index (Phi) is 3.15. The molecule has 1 aliphatic heterocycles. The van der Waals surface area contributed by atoms with Gasteiger partial charge in [-0.2, -0.15) is 0 Å². The summed E-state index contributed by atoms with van der Waals surface area (Å²) in [6, 6.07) is 5.81. The Morgan fingerprint density at radius 2 is 2.06 bits per heavy atom. The van der Waals surface area contributed by atoms with Crippen LogP contribution in [0.25, 0.3) is 0 Å². The predicted molar refractivity (Wildman–Crippen MR) is 72.8 cm³/mol. The van der Waals surface area contributed by atoms with Crippen molar-refractivity contribution in [2.45, 2.75) is 19.4 Å². The highest BCUT2D eigenvalue weighted by Gasteiger charge is 2.41. The molecule has 5 heteroatoms. The SMILES string of the molecule is CNc1cccc(N2CCN(C)C(=O)C2(C)C)n1. The van der Waals surface area contributed by atoms with Crippen LogP contribution >= 0.6 is 0 Å². The summed E-state index contributed by atoms with van der Waals surface area (Å²) in [4.78, 5) is 20.6. The van der Waals surface area contributed by atoms with E-state index in [1.165, 1.54) is 0 Å². The third-order valence-electron chi connectivity index (χ3n) is 3.47. The van der Waals surface area contributed by atoms with Crippen LogP contribution in [0.1, 0.15) is 13.8 Å². The lowest BCUT2D eigenvalue weighted by molar-refractivity contribution is -0.136. The average molecular weight is 248 g/mol. The fourth-order valence-electron chi connectivity index (χ4n) is 2.33. The number of carbonyl (C=O) groups excluding carboxylic acids is 1. The number of pyridine rings is 1. The minimum atomic E-state index is -0.549. The summed E-state index contributed by atoms with van der Waals surface area (Å²) >= 11 is 0. The molecule has 2 rings (SSSR count). The van der Waals surface area contributed by atoms with Crippen LogP contribution in [-0.2, 0) is 4.79 Å². The summed E-state index contributed by atoms with van der Waals surface area (Å²) < 4.78 is 0. The highest BCUT2D eigenvalue weighted by atomic mass is 16.2. The molecule has 1 fully saturated rings. The normalized spacial score (nSPS) is 19.0. The number of nitrogens with zero attached hydrogens (tertiary/aromatic N) is 3. The van der Waals surface area contributed by atoms with E-state index in [0.29, 0.717) is 0 Å². The molecule has 1 aliphatic rings. The number of nitrogens with one attached hydrogen (secondary N) is 1. The zero-order valence-corrected chi connectivity index (χ0v) is 11.4. The Labute approximate surface area is 108 Å². The minimum absolute atomic E-state index is 0.130. The largest absolute Gasteiger partial charge is 0.373 e. The van der Waals surface area contributed by atoms with Gasteiger partial charge in [0.2, 0.25) is 5.91 Å². The molecule has 0 saturated carbocycles. The molecule has 0 aliphatic carbocycles. The minimum Gasteiger partial charge on any atom is -0.373 e. The van der Waals surface area contributed by atoms with Gasteiger partial charge in [-0.15, -0.1) is 0 Å². The molecule has 0 unspecified atom stereocenters. The Morgan fingerprint density at radius 3 is 2.72 bits per heavy atom. The third-order valence-corrected chi connectivity index (χ3v) is 3.47. The first-order valence-electron chi connectivity index (χ1n) is 6.15. The van der Waals surface area contributed by atoms with Crippen molar-refractivity contribution in [1.29, 1.82) is 0 Å². The number of rotatable bonds is 2. The molecule has 0 radical (unpaired) electrons. The summed E-state index contributed by atoms with van der Waals surface area (Å²) in [5, 5.41) is 3.02. The van der Waals surface area contributed by atoms with Crippen LogP contribution in [0, 0.1) is 0 Å². The van der Waals surface area contributed by atoms with E-state index in [1.807, 2.05) is 46.1 Å². The topological polar surface area (TPSA) is 48.5 Å². The number of carbonyl (C=O) groups is 1. The van der Waals surface area contributed by atoms with Crippen molar-refractivity contribution in [2.75, 3.05) is 37.4 Å². The van der Waals surface area contributed by atoms with E-state index in [9.17, 15) is 4.79 Å². The molecule has 2 heterocycles. The van der Waals surface area contributed by atoms with E-state index in [0.717, 1.165) is 24.7 Å². The molecule has 98 valence electrons. The number of piperazine rings is 1. The van der Waals surface area contributed by atoms with E-state index in [2.05, 4.69) is 15.2 Å². The maximum atomic E-state index is 12.2. The summed E-state index contributed by atoms with van der Waals surface area (Å²) in [6.07, 6.45) is 0. The maximum absolute atomic E-state index is 12.2. The fourth-order valence-corrected chi connectivity index (χ4v) is 2.33. The quantitative estimate of drug-likeness (QED) is 0.854. The Morgan fingerprint density at radius 1 is 1.33 bits per heavy atom. The van der Waals surface area contributed by atoms with Crippen LogP contribution in [-0.4, -0.2) is 48.5 Å². The summed E-state index contributed by atoms with van der Waals surface area (Å²) in [5.41, 5.74) is -0.549. The van der Waals surface area contributed by atoms with Crippen LogP contribution in [0.3, 0.4) is 0 Å². The number of hydrogen-bond acceptors (Lipinski definition) is 4. The zero-order chi connectivity index (χ0) is 13.3. The first-order valence-corrected chi connectivity index (χ1v) is 6.15. The smallest absolute Gasteiger partial charge is 0.247 e.